The SMILES string of the molecule is Cl[C-]=C(Cl)C(Cl)=C(Cl)Cl.[Na+]. The van der Waals surface area contributed by atoms with E-state index in [9.17, 15) is 0 Å². The molecule has 0 radical (unpaired) electrons. The zero-order valence-corrected chi connectivity index (χ0v) is 10.7. The third-order valence-electron chi connectivity index (χ3n) is 0.442. The van der Waals surface area contributed by atoms with Crippen molar-refractivity contribution in [2.45, 2.75) is 0 Å². The number of rotatable bonds is 1. The maximum atomic E-state index is 5.37. The molecule has 0 fully saturated rings. The molecule has 0 unspecified atom stereocenters. The maximum absolute atomic E-state index is 5.37. The van der Waals surface area contributed by atoms with Crippen LogP contribution in [-0.4, -0.2) is 0 Å². The Kier molecular flexibility index (Phi) is 10.9. The molecule has 0 aromatic rings. The summed E-state index contributed by atoms with van der Waals surface area (Å²) in [6.07, 6.45) is 0. The van der Waals surface area contributed by atoms with Crippen LogP contribution in [0, 0.1) is 5.54 Å². The number of hydrogen-bond acceptors (Lipinski definition) is 0. The summed E-state index contributed by atoms with van der Waals surface area (Å²) in [6, 6.07) is 0. The summed E-state index contributed by atoms with van der Waals surface area (Å²) < 4.78 is -0.130. The minimum Gasteiger partial charge on any atom is -0.223 e. The first-order valence-electron chi connectivity index (χ1n) is 1.69. The third kappa shape index (κ3) is 5.56. The Morgan fingerprint density at radius 3 is 1.50 bits per heavy atom. The van der Waals surface area contributed by atoms with Crippen molar-refractivity contribution < 1.29 is 29.6 Å². The molecule has 52 valence electrons. The van der Waals surface area contributed by atoms with Crippen LogP contribution in [0.2, 0.25) is 0 Å². The van der Waals surface area contributed by atoms with Gasteiger partial charge in [-0.05, 0) is 0 Å². The largest absolute Gasteiger partial charge is 1.00 e. The molecule has 0 N–H and O–H groups in total. The van der Waals surface area contributed by atoms with Crippen molar-refractivity contribution in [1.29, 1.82) is 0 Å². The van der Waals surface area contributed by atoms with Crippen molar-refractivity contribution in [2.24, 2.45) is 0 Å². The Hall–Kier alpha value is 1.93. The number of hydrogen-bond donors (Lipinski definition) is 0. The molecule has 0 heterocycles. The van der Waals surface area contributed by atoms with Crippen LogP contribution in [0.15, 0.2) is 14.6 Å². The summed E-state index contributed by atoms with van der Waals surface area (Å²) >= 11 is 26.1. The van der Waals surface area contributed by atoms with E-state index in [-0.39, 0.29) is 44.1 Å². The molecule has 0 amide bonds. The van der Waals surface area contributed by atoms with E-state index in [0.717, 1.165) is 0 Å². The van der Waals surface area contributed by atoms with Gasteiger partial charge in [0.15, 0.2) is 0 Å². The molecule has 0 atom stereocenters. The Morgan fingerprint density at radius 1 is 1.00 bits per heavy atom. The normalized spacial score (nSPS) is 10.3. The molecule has 0 spiro atoms. The van der Waals surface area contributed by atoms with Crippen LogP contribution in [-0.2, 0) is 0 Å². The minimum atomic E-state index is -0.130. The fraction of sp³-hybridized carbons (Fsp3) is 0. The smallest absolute Gasteiger partial charge is 0.223 e. The van der Waals surface area contributed by atoms with Crippen molar-refractivity contribution in [3.8, 4) is 0 Å². The molecule has 0 saturated carbocycles. The average Bonchev–Trinajstić information content (AvgIpc) is 1.84. The van der Waals surface area contributed by atoms with Crippen molar-refractivity contribution in [3.63, 3.8) is 0 Å². The molecule has 0 bridgehead atoms. The van der Waals surface area contributed by atoms with E-state index >= 15 is 0 Å². The van der Waals surface area contributed by atoms with Gasteiger partial charge in [0.2, 0.25) is 0 Å². The molecule has 0 nitrogen and oxygen atoms in total. The van der Waals surface area contributed by atoms with Crippen LogP contribution in [0.4, 0.5) is 0 Å². The standard InChI is InChI=1S/C4Cl5.Na/c5-1-2(6)3(7)4(8)9;/q-1;+1. The second-order valence-corrected chi connectivity index (χ2v) is 2.88. The molecule has 0 saturated heterocycles. The van der Waals surface area contributed by atoms with Gasteiger partial charge in [0.25, 0.3) is 0 Å². The van der Waals surface area contributed by atoms with E-state index < -0.39 is 0 Å². The predicted octanol–water partition coefficient (Wildman–Crippen LogP) is 0.998. The van der Waals surface area contributed by atoms with E-state index in [1.165, 1.54) is 0 Å². The van der Waals surface area contributed by atoms with Crippen molar-refractivity contribution in [3.05, 3.63) is 20.1 Å². The quantitative estimate of drug-likeness (QED) is 0.369. The van der Waals surface area contributed by atoms with Crippen molar-refractivity contribution >= 4 is 58.0 Å². The summed E-state index contributed by atoms with van der Waals surface area (Å²) in [4.78, 5) is 0. The van der Waals surface area contributed by atoms with Gasteiger partial charge in [-0.25, -0.2) is 23.2 Å². The molecular weight excluding hydrogens is 248 g/mol. The van der Waals surface area contributed by atoms with Gasteiger partial charge in [0.1, 0.15) is 0 Å². The Balaban J connectivity index is 0. The monoisotopic (exact) mass is 246 g/mol. The zero-order chi connectivity index (χ0) is 7.44. The molecule has 0 aromatic carbocycles. The van der Waals surface area contributed by atoms with E-state index in [1.54, 1.807) is 0 Å². The van der Waals surface area contributed by atoms with Crippen molar-refractivity contribution in [1.82, 2.24) is 0 Å². The van der Waals surface area contributed by atoms with E-state index in [0.29, 0.717) is 0 Å². The van der Waals surface area contributed by atoms with Gasteiger partial charge in [0, 0.05) is 4.49 Å². The van der Waals surface area contributed by atoms with Gasteiger partial charge in [-0.3, -0.25) is 0 Å². The molecule has 6 heteroatoms. The summed E-state index contributed by atoms with van der Waals surface area (Å²) in [6.45, 7) is 0. The maximum Gasteiger partial charge on any atom is 1.00 e. The predicted molar refractivity (Wildman–Crippen MR) is 43.0 cm³/mol. The van der Waals surface area contributed by atoms with E-state index in [2.05, 4.69) is 0 Å². The molecular formula is C4Cl5Na. The first kappa shape index (κ1) is 14.5. The summed E-state index contributed by atoms with van der Waals surface area (Å²) in [5, 5.41) is -0.00617. The molecule has 0 aliphatic heterocycles. The van der Waals surface area contributed by atoms with Crippen LogP contribution in [0.1, 0.15) is 0 Å². The molecule has 0 aliphatic rings. The van der Waals surface area contributed by atoms with Crippen molar-refractivity contribution in [2.75, 3.05) is 0 Å². The summed E-state index contributed by atoms with van der Waals surface area (Å²) in [7, 11) is 0. The van der Waals surface area contributed by atoms with Gasteiger partial charge in [0.05, 0.1) is 0 Å². The van der Waals surface area contributed by atoms with Gasteiger partial charge in [-0.2, -0.15) is 5.54 Å². The first-order valence-corrected chi connectivity index (χ1v) is 3.58. The van der Waals surface area contributed by atoms with Gasteiger partial charge >= 0.3 is 29.6 Å². The van der Waals surface area contributed by atoms with Gasteiger partial charge < -0.3 is 0 Å². The zero-order valence-electron chi connectivity index (χ0n) is 4.89. The van der Waals surface area contributed by atoms with E-state index in [4.69, 9.17) is 58.0 Å². The van der Waals surface area contributed by atoms with Crippen LogP contribution in [0.5, 0.6) is 0 Å². The Morgan fingerprint density at radius 2 is 1.40 bits per heavy atom. The molecule has 10 heavy (non-hydrogen) atoms. The van der Waals surface area contributed by atoms with Gasteiger partial charge in [-0.1, -0.05) is 33.3 Å². The van der Waals surface area contributed by atoms with Gasteiger partial charge in [-0.15, -0.1) is 11.6 Å². The average molecular weight is 248 g/mol. The van der Waals surface area contributed by atoms with Crippen LogP contribution in [0.3, 0.4) is 0 Å². The first-order chi connectivity index (χ1) is 4.09. The van der Waals surface area contributed by atoms with Crippen LogP contribution < -0.4 is 29.6 Å². The number of halogens is 5. The Bertz CT molecular complexity index is 157. The van der Waals surface area contributed by atoms with Crippen LogP contribution >= 0.6 is 58.0 Å². The summed E-state index contributed by atoms with van der Waals surface area (Å²) in [5.74, 6) is 0. The van der Waals surface area contributed by atoms with E-state index in [1.807, 2.05) is 5.54 Å². The number of allylic oxidation sites excluding steroid dienone is 2. The fourth-order valence-electron chi connectivity index (χ4n) is 0.124. The Labute approximate surface area is 106 Å². The second kappa shape index (κ2) is 7.57. The van der Waals surface area contributed by atoms with Crippen LogP contribution in [0.25, 0.3) is 0 Å². The summed E-state index contributed by atoms with van der Waals surface area (Å²) in [5.41, 5.74) is 2.04. The molecule has 0 aromatic heterocycles. The minimum absolute atomic E-state index is 0. The molecule has 0 aliphatic carbocycles. The molecule has 0 rings (SSSR count). The fourth-order valence-corrected chi connectivity index (χ4v) is 0.695. The third-order valence-corrected chi connectivity index (χ3v) is 2.06. The topological polar surface area (TPSA) is 0 Å². The second-order valence-electron chi connectivity index (χ2n) is 0.983.